The van der Waals surface area contributed by atoms with Crippen molar-refractivity contribution < 1.29 is 9.26 Å². The highest BCUT2D eigenvalue weighted by atomic mass is 16.5. The van der Waals surface area contributed by atoms with Crippen molar-refractivity contribution in [3.8, 4) is 0 Å². The molecule has 2 rings (SSSR count). The average molecular weight is 239 g/mol. The molecule has 0 amide bonds. The molecule has 5 nitrogen and oxygen atoms in total. The topological polar surface area (TPSA) is 60.2 Å². The third-order valence-electron chi connectivity index (χ3n) is 3.35. The van der Waals surface area contributed by atoms with Crippen LogP contribution in [0, 0.1) is 0 Å². The summed E-state index contributed by atoms with van der Waals surface area (Å²) in [4.78, 5) is 4.38. The van der Waals surface area contributed by atoms with Crippen molar-refractivity contribution in [1.82, 2.24) is 15.5 Å². The molecule has 0 saturated heterocycles. The third-order valence-corrected chi connectivity index (χ3v) is 3.35. The van der Waals surface area contributed by atoms with Crippen molar-refractivity contribution in [2.45, 2.75) is 57.7 Å². The molecule has 0 bridgehead atoms. The maximum atomic E-state index is 5.54. The van der Waals surface area contributed by atoms with Crippen LogP contribution in [0.1, 0.15) is 44.8 Å². The van der Waals surface area contributed by atoms with Gasteiger partial charge in [-0.2, -0.15) is 4.98 Å². The van der Waals surface area contributed by atoms with Gasteiger partial charge in [0.05, 0.1) is 18.6 Å². The van der Waals surface area contributed by atoms with E-state index in [0.717, 1.165) is 25.1 Å². The normalized spacial score (nSPS) is 18.4. The molecule has 1 aromatic heterocycles. The highest BCUT2D eigenvalue weighted by Crippen LogP contribution is 2.37. The van der Waals surface area contributed by atoms with Crippen LogP contribution in [0.4, 0.5) is 0 Å². The van der Waals surface area contributed by atoms with Gasteiger partial charge in [0.1, 0.15) is 0 Å². The molecule has 0 aromatic carbocycles. The van der Waals surface area contributed by atoms with Crippen LogP contribution in [0.15, 0.2) is 4.52 Å². The van der Waals surface area contributed by atoms with Crippen molar-refractivity contribution in [2.24, 2.45) is 0 Å². The minimum Gasteiger partial charge on any atom is -0.378 e. The second kappa shape index (κ2) is 5.14. The van der Waals surface area contributed by atoms with Crippen LogP contribution in [0.5, 0.6) is 0 Å². The SMILES string of the molecule is COC1(Cc2nc(CNC(C)C)no2)CCC1. The zero-order valence-corrected chi connectivity index (χ0v) is 10.8. The largest absolute Gasteiger partial charge is 0.378 e. The number of nitrogens with zero attached hydrogens (tertiary/aromatic N) is 2. The van der Waals surface area contributed by atoms with Gasteiger partial charge < -0.3 is 14.6 Å². The predicted molar refractivity (Wildman–Crippen MR) is 63.6 cm³/mol. The minimum absolute atomic E-state index is 0.0463. The smallest absolute Gasteiger partial charge is 0.229 e. The van der Waals surface area contributed by atoms with Crippen LogP contribution in [0.3, 0.4) is 0 Å². The minimum atomic E-state index is -0.0463. The molecule has 0 atom stereocenters. The summed E-state index contributed by atoms with van der Waals surface area (Å²) in [5.41, 5.74) is -0.0463. The first-order chi connectivity index (χ1) is 8.13. The van der Waals surface area contributed by atoms with Gasteiger partial charge in [0, 0.05) is 13.2 Å². The fourth-order valence-corrected chi connectivity index (χ4v) is 2.03. The maximum Gasteiger partial charge on any atom is 0.229 e. The van der Waals surface area contributed by atoms with E-state index in [4.69, 9.17) is 9.26 Å². The summed E-state index contributed by atoms with van der Waals surface area (Å²) < 4.78 is 10.8. The Morgan fingerprint density at radius 2 is 2.24 bits per heavy atom. The summed E-state index contributed by atoms with van der Waals surface area (Å²) in [7, 11) is 1.76. The Kier molecular flexibility index (Phi) is 3.79. The first kappa shape index (κ1) is 12.5. The second-order valence-corrected chi connectivity index (χ2v) is 5.06. The summed E-state index contributed by atoms with van der Waals surface area (Å²) >= 11 is 0. The van der Waals surface area contributed by atoms with E-state index < -0.39 is 0 Å². The van der Waals surface area contributed by atoms with Gasteiger partial charge in [-0.1, -0.05) is 19.0 Å². The number of rotatable bonds is 6. The lowest BCUT2D eigenvalue weighted by molar-refractivity contribution is -0.0751. The van der Waals surface area contributed by atoms with E-state index in [2.05, 4.69) is 29.3 Å². The molecular formula is C12H21N3O2. The number of aromatic nitrogens is 2. The monoisotopic (exact) mass is 239 g/mol. The van der Waals surface area contributed by atoms with Gasteiger partial charge in [0.25, 0.3) is 0 Å². The van der Waals surface area contributed by atoms with E-state index in [1.165, 1.54) is 6.42 Å². The molecule has 1 saturated carbocycles. The quantitative estimate of drug-likeness (QED) is 0.818. The molecule has 0 unspecified atom stereocenters. The van der Waals surface area contributed by atoms with E-state index in [1.807, 2.05) is 0 Å². The Morgan fingerprint density at radius 1 is 1.47 bits per heavy atom. The molecular weight excluding hydrogens is 218 g/mol. The van der Waals surface area contributed by atoms with Crippen molar-refractivity contribution in [3.63, 3.8) is 0 Å². The van der Waals surface area contributed by atoms with Crippen LogP contribution in [-0.4, -0.2) is 28.9 Å². The third kappa shape index (κ3) is 3.04. The molecule has 17 heavy (non-hydrogen) atoms. The zero-order chi connectivity index (χ0) is 12.3. The van der Waals surface area contributed by atoms with Gasteiger partial charge in [-0.05, 0) is 19.3 Å². The van der Waals surface area contributed by atoms with E-state index in [0.29, 0.717) is 18.5 Å². The van der Waals surface area contributed by atoms with E-state index in [-0.39, 0.29) is 5.60 Å². The summed E-state index contributed by atoms with van der Waals surface area (Å²) in [5.74, 6) is 1.41. The average Bonchev–Trinajstić information content (AvgIpc) is 2.68. The van der Waals surface area contributed by atoms with E-state index in [1.54, 1.807) is 7.11 Å². The molecule has 1 aliphatic rings. The van der Waals surface area contributed by atoms with Crippen LogP contribution >= 0.6 is 0 Å². The molecule has 1 heterocycles. The highest BCUT2D eigenvalue weighted by Gasteiger charge is 2.38. The van der Waals surface area contributed by atoms with Crippen molar-refractivity contribution in [2.75, 3.05) is 7.11 Å². The molecule has 1 fully saturated rings. The Labute approximate surface area is 102 Å². The van der Waals surface area contributed by atoms with E-state index >= 15 is 0 Å². The first-order valence-electron chi connectivity index (χ1n) is 6.23. The highest BCUT2D eigenvalue weighted by molar-refractivity contribution is 4.98. The van der Waals surface area contributed by atoms with Crippen molar-refractivity contribution >= 4 is 0 Å². The Morgan fingerprint density at radius 3 is 2.76 bits per heavy atom. The summed E-state index contributed by atoms with van der Waals surface area (Å²) in [6, 6.07) is 0.425. The number of ether oxygens (including phenoxy) is 1. The number of hydrogen-bond donors (Lipinski definition) is 1. The Bertz CT molecular complexity index is 353. The predicted octanol–water partition coefficient (Wildman–Crippen LogP) is 1.68. The molecule has 1 aromatic rings. The van der Waals surface area contributed by atoms with Crippen molar-refractivity contribution in [1.29, 1.82) is 0 Å². The summed E-state index contributed by atoms with van der Waals surface area (Å²) in [5, 5.41) is 7.22. The van der Waals surface area contributed by atoms with Gasteiger partial charge in [0.15, 0.2) is 5.82 Å². The number of hydrogen-bond acceptors (Lipinski definition) is 5. The lowest BCUT2D eigenvalue weighted by Gasteiger charge is -2.39. The van der Waals surface area contributed by atoms with Gasteiger partial charge >= 0.3 is 0 Å². The lowest BCUT2D eigenvalue weighted by atomic mass is 9.77. The molecule has 5 heteroatoms. The Hall–Kier alpha value is -0.940. The van der Waals surface area contributed by atoms with Gasteiger partial charge in [-0.25, -0.2) is 0 Å². The van der Waals surface area contributed by atoms with Gasteiger partial charge in [-0.15, -0.1) is 0 Å². The first-order valence-corrected chi connectivity index (χ1v) is 6.23. The van der Waals surface area contributed by atoms with Gasteiger partial charge in [0.2, 0.25) is 5.89 Å². The molecule has 1 aliphatic carbocycles. The van der Waals surface area contributed by atoms with Crippen molar-refractivity contribution in [3.05, 3.63) is 11.7 Å². The standard InChI is InChI=1S/C12H21N3O2/c1-9(2)13-8-10-14-11(17-15-10)7-12(16-3)5-4-6-12/h9,13H,4-8H2,1-3H3. The molecule has 0 spiro atoms. The number of methoxy groups -OCH3 is 1. The molecule has 96 valence electrons. The summed E-state index contributed by atoms with van der Waals surface area (Å²) in [6.45, 7) is 4.84. The molecule has 0 radical (unpaired) electrons. The number of nitrogens with one attached hydrogen (secondary N) is 1. The lowest BCUT2D eigenvalue weighted by Crippen LogP contribution is -2.41. The summed E-state index contributed by atoms with van der Waals surface area (Å²) in [6.07, 6.45) is 4.14. The second-order valence-electron chi connectivity index (χ2n) is 5.06. The fourth-order valence-electron chi connectivity index (χ4n) is 2.03. The van der Waals surface area contributed by atoms with Gasteiger partial charge in [-0.3, -0.25) is 0 Å². The molecule has 1 N–H and O–H groups in total. The van der Waals surface area contributed by atoms with Crippen LogP contribution in [0.25, 0.3) is 0 Å². The Balaban J connectivity index is 1.89. The van der Waals surface area contributed by atoms with E-state index in [9.17, 15) is 0 Å². The van der Waals surface area contributed by atoms with Crippen LogP contribution < -0.4 is 5.32 Å². The fraction of sp³-hybridized carbons (Fsp3) is 0.833. The zero-order valence-electron chi connectivity index (χ0n) is 10.8. The van der Waals surface area contributed by atoms with Crippen LogP contribution in [-0.2, 0) is 17.7 Å². The molecule has 0 aliphatic heterocycles. The maximum absolute atomic E-state index is 5.54. The van der Waals surface area contributed by atoms with Crippen LogP contribution in [0.2, 0.25) is 0 Å².